The zero-order valence-electron chi connectivity index (χ0n) is 13.6. The summed E-state index contributed by atoms with van der Waals surface area (Å²) in [6.07, 6.45) is -0.631. The van der Waals surface area contributed by atoms with Gasteiger partial charge in [-0.3, -0.25) is 9.59 Å². The van der Waals surface area contributed by atoms with Gasteiger partial charge in [-0.05, 0) is 24.3 Å². The molecule has 0 aliphatic heterocycles. The van der Waals surface area contributed by atoms with Gasteiger partial charge in [-0.25, -0.2) is 8.78 Å². The van der Waals surface area contributed by atoms with E-state index in [0.29, 0.717) is 17.2 Å². The predicted octanol–water partition coefficient (Wildman–Crippen LogP) is 2.95. The Morgan fingerprint density at radius 1 is 0.960 bits per heavy atom. The van der Waals surface area contributed by atoms with Gasteiger partial charge in [-0.15, -0.1) is 0 Å². The number of ether oxygens (including phenoxy) is 2. The molecule has 2 rings (SSSR count). The minimum absolute atomic E-state index is 0.303. The van der Waals surface area contributed by atoms with Crippen molar-refractivity contribution in [3.8, 4) is 11.5 Å². The van der Waals surface area contributed by atoms with Gasteiger partial charge >= 0.3 is 0 Å². The number of carbonyl (C=O) groups excluding carboxylic acids is 2. The molecule has 0 bridgehead atoms. The molecule has 0 heterocycles. The zero-order valence-corrected chi connectivity index (χ0v) is 13.6. The van der Waals surface area contributed by atoms with Crippen molar-refractivity contribution >= 4 is 23.2 Å². The van der Waals surface area contributed by atoms with Crippen LogP contribution in [0.5, 0.6) is 11.5 Å². The molecule has 0 aromatic heterocycles. The largest absolute Gasteiger partial charge is 0.497 e. The van der Waals surface area contributed by atoms with Gasteiger partial charge in [0.1, 0.15) is 35.2 Å². The summed E-state index contributed by atoms with van der Waals surface area (Å²) in [7, 11) is 2.88. The third-order valence-corrected chi connectivity index (χ3v) is 3.23. The van der Waals surface area contributed by atoms with E-state index in [1.165, 1.54) is 26.4 Å². The van der Waals surface area contributed by atoms with Crippen LogP contribution in [0, 0.1) is 11.6 Å². The summed E-state index contributed by atoms with van der Waals surface area (Å²) in [5.74, 6) is -2.54. The van der Waals surface area contributed by atoms with E-state index < -0.39 is 35.6 Å². The van der Waals surface area contributed by atoms with Crippen LogP contribution in [0.15, 0.2) is 36.4 Å². The maximum absolute atomic E-state index is 13.5. The standard InChI is InChI=1S/C17H16F2N2O4/c1-24-10-6-7-14(25-2)13(8-10)20-15(22)9-16(23)21-17-11(18)4-3-5-12(17)19/h3-8H,9H2,1-2H3,(H,20,22)(H,21,23). The highest BCUT2D eigenvalue weighted by molar-refractivity contribution is 6.08. The molecule has 2 aromatic rings. The molecule has 2 amide bonds. The van der Waals surface area contributed by atoms with Crippen LogP contribution < -0.4 is 20.1 Å². The Kier molecular flexibility index (Phi) is 5.89. The fraction of sp³-hybridized carbons (Fsp3) is 0.176. The fourth-order valence-electron chi connectivity index (χ4n) is 2.05. The van der Waals surface area contributed by atoms with Crippen LogP contribution in [0.4, 0.5) is 20.2 Å². The quantitative estimate of drug-likeness (QED) is 0.786. The monoisotopic (exact) mass is 350 g/mol. The summed E-state index contributed by atoms with van der Waals surface area (Å²) >= 11 is 0. The van der Waals surface area contributed by atoms with Gasteiger partial charge < -0.3 is 20.1 Å². The minimum atomic E-state index is -0.928. The second-order valence-electron chi connectivity index (χ2n) is 4.94. The van der Waals surface area contributed by atoms with Gasteiger partial charge in [0.2, 0.25) is 11.8 Å². The average molecular weight is 350 g/mol. The van der Waals surface area contributed by atoms with Crippen molar-refractivity contribution in [2.45, 2.75) is 6.42 Å². The molecule has 0 radical (unpaired) electrons. The van der Waals surface area contributed by atoms with Gasteiger partial charge in [-0.2, -0.15) is 0 Å². The van der Waals surface area contributed by atoms with Crippen molar-refractivity contribution in [3.63, 3.8) is 0 Å². The summed E-state index contributed by atoms with van der Waals surface area (Å²) in [6.45, 7) is 0. The van der Waals surface area contributed by atoms with Crippen molar-refractivity contribution in [1.29, 1.82) is 0 Å². The molecule has 0 aliphatic carbocycles. The zero-order chi connectivity index (χ0) is 18.4. The van der Waals surface area contributed by atoms with E-state index in [0.717, 1.165) is 12.1 Å². The van der Waals surface area contributed by atoms with Gasteiger partial charge in [0.15, 0.2) is 0 Å². The molecule has 6 nitrogen and oxygen atoms in total. The Morgan fingerprint density at radius 2 is 1.60 bits per heavy atom. The number of para-hydroxylation sites is 1. The number of hydrogen-bond acceptors (Lipinski definition) is 4. The van der Waals surface area contributed by atoms with E-state index in [1.807, 2.05) is 5.32 Å². The normalized spacial score (nSPS) is 10.1. The van der Waals surface area contributed by atoms with E-state index in [2.05, 4.69) is 5.32 Å². The highest BCUT2D eigenvalue weighted by Crippen LogP contribution is 2.29. The van der Waals surface area contributed by atoms with Gasteiger partial charge in [0.25, 0.3) is 0 Å². The number of amides is 2. The Labute approximate surface area is 142 Å². The van der Waals surface area contributed by atoms with Crippen molar-refractivity contribution in [3.05, 3.63) is 48.0 Å². The molecule has 132 valence electrons. The molecule has 0 fully saturated rings. The van der Waals surface area contributed by atoms with Gasteiger partial charge in [0, 0.05) is 6.07 Å². The number of hydrogen-bond donors (Lipinski definition) is 2. The van der Waals surface area contributed by atoms with Crippen LogP contribution >= 0.6 is 0 Å². The second-order valence-corrected chi connectivity index (χ2v) is 4.94. The summed E-state index contributed by atoms with van der Waals surface area (Å²) < 4.78 is 37.1. The van der Waals surface area contributed by atoms with Crippen LogP contribution in [0.2, 0.25) is 0 Å². The summed E-state index contributed by atoms with van der Waals surface area (Å²) in [6, 6.07) is 7.92. The molecule has 0 atom stereocenters. The first-order valence-corrected chi connectivity index (χ1v) is 7.20. The van der Waals surface area contributed by atoms with E-state index in [9.17, 15) is 18.4 Å². The van der Waals surface area contributed by atoms with Crippen LogP contribution in [0.1, 0.15) is 6.42 Å². The topological polar surface area (TPSA) is 76.7 Å². The Morgan fingerprint density at radius 3 is 2.20 bits per heavy atom. The Balaban J connectivity index is 2.04. The number of rotatable bonds is 6. The molecule has 2 aromatic carbocycles. The molecule has 2 N–H and O–H groups in total. The number of halogens is 2. The van der Waals surface area contributed by atoms with Crippen molar-refractivity contribution in [1.82, 2.24) is 0 Å². The maximum Gasteiger partial charge on any atom is 0.233 e. The van der Waals surface area contributed by atoms with Gasteiger partial charge in [-0.1, -0.05) is 6.07 Å². The average Bonchev–Trinajstić information content (AvgIpc) is 2.58. The third kappa shape index (κ3) is 4.66. The number of benzene rings is 2. The number of methoxy groups -OCH3 is 2. The maximum atomic E-state index is 13.5. The van der Waals surface area contributed by atoms with Crippen LogP contribution in [0.3, 0.4) is 0 Å². The summed E-state index contributed by atoms with van der Waals surface area (Å²) in [5, 5.41) is 4.53. The lowest BCUT2D eigenvalue weighted by Crippen LogP contribution is -2.22. The minimum Gasteiger partial charge on any atom is -0.497 e. The number of carbonyl (C=O) groups is 2. The van der Waals surface area contributed by atoms with Crippen LogP contribution in [-0.4, -0.2) is 26.0 Å². The molecule has 0 saturated carbocycles. The number of anilines is 2. The van der Waals surface area contributed by atoms with Crippen LogP contribution in [0.25, 0.3) is 0 Å². The molecular formula is C17H16F2N2O4. The molecule has 25 heavy (non-hydrogen) atoms. The SMILES string of the molecule is COc1ccc(OC)c(NC(=O)CC(=O)Nc2c(F)cccc2F)c1. The van der Waals surface area contributed by atoms with E-state index in [-0.39, 0.29) is 0 Å². The number of nitrogens with one attached hydrogen (secondary N) is 2. The Bertz CT molecular complexity index is 776. The molecule has 0 aliphatic rings. The highest BCUT2D eigenvalue weighted by Gasteiger charge is 2.16. The first-order valence-electron chi connectivity index (χ1n) is 7.20. The molecule has 0 saturated heterocycles. The van der Waals surface area contributed by atoms with Crippen LogP contribution in [-0.2, 0) is 9.59 Å². The molecule has 8 heteroatoms. The summed E-state index contributed by atoms with van der Waals surface area (Å²) in [5.41, 5.74) is -0.295. The molecular weight excluding hydrogens is 334 g/mol. The lowest BCUT2D eigenvalue weighted by atomic mass is 10.2. The van der Waals surface area contributed by atoms with Gasteiger partial charge in [0.05, 0.1) is 19.9 Å². The molecule has 0 spiro atoms. The predicted molar refractivity (Wildman–Crippen MR) is 87.8 cm³/mol. The van der Waals surface area contributed by atoms with E-state index >= 15 is 0 Å². The molecule has 0 unspecified atom stereocenters. The third-order valence-electron chi connectivity index (χ3n) is 3.23. The van der Waals surface area contributed by atoms with Crippen molar-refractivity contribution in [2.75, 3.05) is 24.9 Å². The lowest BCUT2D eigenvalue weighted by molar-refractivity contribution is -0.123. The van der Waals surface area contributed by atoms with Crippen molar-refractivity contribution in [2.24, 2.45) is 0 Å². The smallest absolute Gasteiger partial charge is 0.233 e. The fourth-order valence-corrected chi connectivity index (χ4v) is 2.05. The lowest BCUT2D eigenvalue weighted by Gasteiger charge is -2.12. The first kappa shape index (κ1) is 18.2. The summed E-state index contributed by atoms with van der Waals surface area (Å²) in [4.78, 5) is 23.8. The first-order chi connectivity index (χ1) is 11.9. The van der Waals surface area contributed by atoms with E-state index in [1.54, 1.807) is 12.1 Å². The van der Waals surface area contributed by atoms with Crippen molar-refractivity contribution < 1.29 is 27.8 Å². The second kappa shape index (κ2) is 8.09. The Hall–Kier alpha value is -3.16. The van der Waals surface area contributed by atoms with E-state index in [4.69, 9.17) is 9.47 Å². The highest BCUT2D eigenvalue weighted by atomic mass is 19.1.